The van der Waals surface area contributed by atoms with Crippen LogP contribution in [0.3, 0.4) is 0 Å². The fraction of sp³-hybridized carbons (Fsp3) is 0.714. The number of rotatable bonds is 16. The van der Waals surface area contributed by atoms with E-state index < -0.39 is 0 Å². The van der Waals surface area contributed by atoms with Crippen LogP contribution in [0, 0.1) is 40.9 Å². The van der Waals surface area contributed by atoms with Crippen LogP contribution in [-0.2, 0) is 0 Å². The van der Waals surface area contributed by atoms with Crippen molar-refractivity contribution in [2.24, 2.45) is 40.9 Å². The average molecular weight is 575 g/mol. The summed E-state index contributed by atoms with van der Waals surface area (Å²) < 4.78 is 0. The van der Waals surface area contributed by atoms with E-state index in [1.807, 2.05) is 0 Å². The van der Waals surface area contributed by atoms with Crippen molar-refractivity contribution in [2.75, 3.05) is 0 Å². The Bertz CT molecular complexity index is 1000. The molecule has 0 amide bonds. The van der Waals surface area contributed by atoms with Crippen molar-refractivity contribution >= 4 is 0 Å². The molecule has 0 nitrogen and oxygen atoms in total. The summed E-state index contributed by atoms with van der Waals surface area (Å²) in [5, 5.41) is 0. The SMILES string of the molecule is C=C1CC(C(C)(C)C(C)/C=C/C(C)=C/C(/C=C(/C)CC(C)CCCCCC)CC)=CC(C)=C1C1CC(C)CC(CC)C1. The molecule has 0 aromatic heterocycles. The van der Waals surface area contributed by atoms with Crippen LogP contribution in [0.4, 0.5) is 0 Å². The molecule has 0 saturated heterocycles. The molecular formula is C42H70. The molecule has 0 heterocycles. The van der Waals surface area contributed by atoms with Gasteiger partial charge >= 0.3 is 0 Å². The Morgan fingerprint density at radius 2 is 1.74 bits per heavy atom. The molecule has 1 fully saturated rings. The van der Waals surface area contributed by atoms with Gasteiger partial charge in [-0.15, -0.1) is 0 Å². The third-order valence-corrected chi connectivity index (χ3v) is 10.9. The molecule has 0 heteroatoms. The first-order valence-corrected chi connectivity index (χ1v) is 18.0. The Hall–Kier alpha value is -1.56. The summed E-state index contributed by atoms with van der Waals surface area (Å²) in [6.07, 6.45) is 28.1. The second-order valence-electron chi connectivity index (χ2n) is 15.4. The van der Waals surface area contributed by atoms with Crippen LogP contribution in [0.25, 0.3) is 0 Å². The van der Waals surface area contributed by atoms with Crippen molar-refractivity contribution in [3.63, 3.8) is 0 Å². The molecule has 0 aromatic rings. The van der Waals surface area contributed by atoms with Gasteiger partial charge in [-0.2, -0.15) is 0 Å². The van der Waals surface area contributed by atoms with Crippen molar-refractivity contribution in [1.82, 2.24) is 0 Å². The molecule has 1 saturated carbocycles. The molecule has 42 heavy (non-hydrogen) atoms. The highest BCUT2D eigenvalue weighted by atomic mass is 14.4. The third kappa shape index (κ3) is 11.2. The molecular weight excluding hydrogens is 504 g/mol. The van der Waals surface area contributed by atoms with E-state index in [1.54, 1.807) is 16.7 Å². The predicted octanol–water partition coefficient (Wildman–Crippen LogP) is 13.8. The lowest BCUT2D eigenvalue weighted by atomic mass is 9.65. The summed E-state index contributed by atoms with van der Waals surface area (Å²) in [5.74, 6) is 4.19. The smallest absolute Gasteiger partial charge is 0.00478 e. The van der Waals surface area contributed by atoms with Gasteiger partial charge in [-0.05, 0) is 117 Å². The summed E-state index contributed by atoms with van der Waals surface area (Å²) in [6.45, 7) is 30.8. The van der Waals surface area contributed by atoms with E-state index in [2.05, 4.69) is 113 Å². The summed E-state index contributed by atoms with van der Waals surface area (Å²) in [4.78, 5) is 0. The normalized spacial score (nSPS) is 25.2. The molecule has 6 unspecified atom stereocenters. The van der Waals surface area contributed by atoms with Gasteiger partial charge in [-0.1, -0.05) is 148 Å². The van der Waals surface area contributed by atoms with Gasteiger partial charge in [-0.3, -0.25) is 0 Å². The van der Waals surface area contributed by atoms with Crippen molar-refractivity contribution < 1.29 is 0 Å². The van der Waals surface area contributed by atoms with Crippen LogP contribution in [0.2, 0.25) is 0 Å². The van der Waals surface area contributed by atoms with Crippen molar-refractivity contribution in [2.45, 2.75) is 153 Å². The van der Waals surface area contributed by atoms with Gasteiger partial charge in [0.2, 0.25) is 0 Å². The molecule has 2 aliphatic carbocycles. The maximum Gasteiger partial charge on any atom is -0.00478 e. The van der Waals surface area contributed by atoms with Crippen molar-refractivity contribution in [3.05, 3.63) is 70.4 Å². The minimum Gasteiger partial charge on any atom is -0.0952 e. The lowest BCUT2D eigenvalue weighted by Gasteiger charge is -2.40. The van der Waals surface area contributed by atoms with E-state index in [0.29, 0.717) is 17.8 Å². The van der Waals surface area contributed by atoms with Gasteiger partial charge in [0.25, 0.3) is 0 Å². The van der Waals surface area contributed by atoms with Crippen LogP contribution in [-0.4, -0.2) is 0 Å². The molecule has 0 aromatic carbocycles. The molecule has 2 rings (SSSR count). The van der Waals surface area contributed by atoms with E-state index in [-0.39, 0.29) is 5.41 Å². The zero-order valence-electron chi connectivity index (χ0n) is 30.0. The Morgan fingerprint density at radius 3 is 2.36 bits per heavy atom. The van der Waals surface area contributed by atoms with Gasteiger partial charge < -0.3 is 0 Å². The highest BCUT2D eigenvalue weighted by Crippen LogP contribution is 2.48. The zero-order chi connectivity index (χ0) is 31.4. The number of unbranched alkanes of at least 4 members (excludes halogenated alkanes) is 3. The van der Waals surface area contributed by atoms with Gasteiger partial charge in [0.1, 0.15) is 0 Å². The second kappa shape index (κ2) is 17.7. The molecule has 0 radical (unpaired) electrons. The van der Waals surface area contributed by atoms with E-state index in [1.165, 1.54) is 80.9 Å². The minimum atomic E-state index is 0.103. The van der Waals surface area contributed by atoms with Crippen LogP contribution >= 0.6 is 0 Å². The second-order valence-corrected chi connectivity index (χ2v) is 15.4. The molecule has 2 aliphatic rings. The fourth-order valence-corrected chi connectivity index (χ4v) is 7.84. The number of hydrogen-bond acceptors (Lipinski definition) is 0. The summed E-state index contributed by atoms with van der Waals surface area (Å²) in [5.41, 5.74) is 9.08. The average Bonchev–Trinajstić information content (AvgIpc) is 2.92. The standard InChI is InChI=1S/C42H70/c1-13-16-17-18-19-30(4)22-32(6)24-37(14-2)23-31(5)20-21-36(10)42(11,12)40-27-34(8)41(35(9)28-40)39-26-33(7)25-38(15-3)29-39/h20-21,23-24,28,30,33,36-39H,8,13-19,22,25-27,29H2,1-7,9-12H3/b21-20+,31-23+,32-24-. The summed E-state index contributed by atoms with van der Waals surface area (Å²) >= 11 is 0. The van der Waals surface area contributed by atoms with Crippen molar-refractivity contribution in [3.8, 4) is 0 Å². The Balaban J connectivity index is 2.08. The molecule has 0 bridgehead atoms. The summed E-state index contributed by atoms with van der Waals surface area (Å²) in [7, 11) is 0. The van der Waals surface area contributed by atoms with Crippen LogP contribution in [0.5, 0.6) is 0 Å². The lowest BCUT2D eigenvalue weighted by molar-refractivity contribution is 0.224. The van der Waals surface area contributed by atoms with Crippen LogP contribution in [0.15, 0.2) is 70.4 Å². The Morgan fingerprint density at radius 1 is 1.02 bits per heavy atom. The van der Waals surface area contributed by atoms with Crippen molar-refractivity contribution in [1.29, 1.82) is 0 Å². The maximum atomic E-state index is 4.67. The third-order valence-electron chi connectivity index (χ3n) is 10.9. The van der Waals surface area contributed by atoms with Gasteiger partial charge in [0, 0.05) is 0 Å². The van der Waals surface area contributed by atoms with E-state index in [0.717, 1.165) is 30.6 Å². The molecule has 0 aliphatic heterocycles. The van der Waals surface area contributed by atoms with E-state index >= 15 is 0 Å². The number of allylic oxidation sites excluding steroid dienone is 11. The highest BCUT2D eigenvalue weighted by Gasteiger charge is 2.35. The molecule has 6 atom stereocenters. The van der Waals surface area contributed by atoms with Crippen LogP contribution < -0.4 is 0 Å². The molecule has 0 N–H and O–H groups in total. The van der Waals surface area contributed by atoms with Gasteiger partial charge in [0.05, 0.1) is 0 Å². The maximum absolute atomic E-state index is 4.67. The first-order valence-electron chi connectivity index (χ1n) is 18.0. The fourth-order valence-electron chi connectivity index (χ4n) is 7.84. The topological polar surface area (TPSA) is 0 Å². The highest BCUT2D eigenvalue weighted by molar-refractivity contribution is 5.49. The quantitative estimate of drug-likeness (QED) is 0.0977. The van der Waals surface area contributed by atoms with Crippen LogP contribution in [0.1, 0.15) is 153 Å². The summed E-state index contributed by atoms with van der Waals surface area (Å²) in [6, 6.07) is 0. The number of hydrogen-bond donors (Lipinski definition) is 0. The lowest BCUT2D eigenvalue weighted by Crippen LogP contribution is -2.28. The first-order chi connectivity index (χ1) is 19.8. The predicted molar refractivity (Wildman–Crippen MR) is 191 cm³/mol. The largest absolute Gasteiger partial charge is 0.0952 e. The molecule has 0 spiro atoms. The van der Waals surface area contributed by atoms with Gasteiger partial charge in [-0.25, -0.2) is 0 Å². The van der Waals surface area contributed by atoms with E-state index in [9.17, 15) is 0 Å². The Labute approximate surface area is 264 Å². The molecule has 238 valence electrons. The van der Waals surface area contributed by atoms with E-state index in [4.69, 9.17) is 0 Å². The zero-order valence-corrected chi connectivity index (χ0v) is 30.0. The Kier molecular flexibility index (Phi) is 15.4. The minimum absolute atomic E-state index is 0.103. The van der Waals surface area contributed by atoms with Gasteiger partial charge in [0.15, 0.2) is 0 Å². The first kappa shape index (κ1) is 36.6. The monoisotopic (exact) mass is 575 g/mol.